The second kappa shape index (κ2) is 4.89. The Hall–Kier alpha value is -2.42. The topological polar surface area (TPSA) is 87.6 Å². The summed E-state index contributed by atoms with van der Waals surface area (Å²) in [5.74, 6) is 0.655. The average Bonchev–Trinajstić information content (AvgIpc) is 2.82. The van der Waals surface area contributed by atoms with E-state index in [1.807, 2.05) is 6.07 Å². The zero-order valence-electron chi connectivity index (χ0n) is 8.42. The van der Waals surface area contributed by atoms with Crippen molar-refractivity contribution in [3.63, 3.8) is 0 Å². The van der Waals surface area contributed by atoms with Gasteiger partial charge in [-0.3, -0.25) is 0 Å². The van der Waals surface area contributed by atoms with Gasteiger partial charge in [0.2, 0.25) is 6.39 Å². The average molecular weight is 215 g/mol. The number of hydrogen-bond acceptors (Lipinski definition) is 6. The second-order valence-electron chi connectivity index (χ2n) is 3.07. The van der Waals surface area contributed by atoms with E-state index in [9.17, 15) is 0 Å². The quantitative estimate of drug-likeness (QED) is 0.818. The lowest BCUT2D eigenvalue weighted by Gasteiger charge is -2.03. The molecule has 0 aliphatic heterocycles. The van der Waals surface area contributed by atoms with Crippen LogP contribution in [0.3, 0.4) is 0 Å². The van der Waals surface area contributed by atoms with Crippen LogP contribution < -0.4 is 5.32 Å². The molecule has 2 rings (SSSR count). The van der Waals surface area contributed by atoms with Crippen molar-refractivity contribution < 1.29 is 4.52 Å². The van der Waals surface area contributed by atoms with Gasteiger partial charge >= 0.3 is 0 Å². The van der Waals surface area contributed by atoms with Crippen LogP contribution in [-0.2, 0) is 6.42 Å². The van der Waals surface area contributed by atoms with E-state index in [0.29, 0.717) is 24.5 Å². The van der Waals surface area contributed by atoms with Gasteiger partial charge in [0.25, 0.3) is 0 Å². The van der Waals surface area contributed by atoms with Gasteiger partial charge in [-0.1, -0.05) is 5.16 Å². The number of hydrogen-bond donors (Lipinski definition) is 1. The molecule has 16 heavy (non-hydrogen) atoms. The van der Waals surface area contributed by atoms with E-state index in [-0.39, 0.29) is 0 Å². The smallest absolute Gasteiger partial charge is 0.213 e. The Morgan fingerprint density at radius 2 is 2.38 bits per heavy atom. The van der Waals surface area contributed by atoms with Crippen LogP contribution in [0.1, 0.15) is 11.5 Å². The minimum Gasteiger partial charge on any atom is -0.384 e. The van der Waals surface area contributed by atoms with Crippen molar-refractivity contribution in [3.8, 4) is 6.07 Å². The van der Waals surface area contributed by atoms with Crippen molar-refractivity contribution in [3.05, 3.63) is 36.2 Å². The Balaban J connectivity index is 1.88. The first-order valence-electron chi connectivity index (χ1n) is 4.74. The zero-order chi connectivity index (χ0) is 11.2. The summed E-state index contributed by atoms with van der Waals surface area (Å²) in [7, 11) is 0. The molecule has 0 aliphatic rings. The molecule has 80 valence electrons. The number of rotatable bonds is 4. The third-order valence-electron chi connectivity index (χ3n) is 1.96. The molecule has 2 heterocycles. The lowest BCUT2D eigenvalue weighted by molar-refractivity contribution is 0.410. The summed E-state index contributed by atoms with van der Waals surface area (Å²) in [5, 5.41) is 15.5. The van der Waals surface area contributed by atoms with E-state index in [1.54, 1.807) is 18.3 Å². The van der Waals surface area contributed by atoms with E-state index in [2.05, 4.69) is 25.0 Å². The highest BCUT2D eigenvalue weighted by Crippen LogP contribution is 2.06. The highest BCUT2D eigenvalue weighted by Gasteiger charge is 1.99. The molecule has 0 amide bonds. The Morgan fingerprint density at radius 3 is 3.12 bits per heavy atom. The van der Waals surface area contributed by atoms with Crippen LogP contribution in [0.25, 0.3) is 0 Å². The molecule has 0 fully saturated rings. The molecule has 0 saturated carbocycles. The molecule has 1 N–H and O–H groups in total. The summed E-state index contributed by atoms with van der Waals surface area (Å²) in [5.41, 5.74) is 1.25. The highest BCUT2D eigenvalue weighted by atomic mass is 16.5. The standard InChI is InChI=1S/C10H9N5O/c11-6-9-5-8(1-3-13-9)12-4-2-10-14-7-16-15-10/h1,3,5,7H,2,4H2,(H,12,13). The molecule has 6 heteroatoms. The molecule has 0 unspecified atom stereocenters. The van der Waals surface area contributed by atoms with Gasteiger partial charge in [-0.25, -0.2) is 4.98 Å². The monoisotopic (exact) mass is 215 g/mol. The third-order valence-corrected chi connectivity index (χ3v) is 1.96. The molecule has 0 spiro atoms. The number of aromatic nitrogens is 3. The van der Waals surface area contributed by atoms with Gasteiger partial charge in [0.05, 0.1) is 0 Å². The maximum Gasteiger partial charge on any atom is 0.213 e. The van der Waals surface area contributed by atoms with Crippen LogP contribution in [0.15, 0.2) is 29.2 Å². The van der Waals surface area contributed by atoms with E-state index < -0.39 is 0 Å². The first kappa shape index (κ1) is 10.1. The number of nitriles is 1. The van der Waals surface area contributed by atoms with Crippen LogP contribution in [0, 0.1) is 11.3 Å². The van der Waals surface area contributed by atoms with Gasteiger partial charge in [0, 0.05) is 24.8 Å². The largest absolute Gasteiger partial charge is 0.384 e. The number of pyridine rings is 1. The normalized spacial score (nSPS) is 9.69. The summed E-state index contributed by atoms with van der Waals surface area (Å²) in [6, 6.07) is 5.47. The second-order valence-corrected chi connectivity index (χ2v) is 3.07. The van der Waals surface area contributed by atoms with E-state index in [0.717, 1.165) is 5.69 Å². The fourth-order valence-electron chi connectivity index (χ4n) is 1.22. The Bertz CT molecular complexity index is 488. The minimum atomic E-state index is 0.393. The summed E-state index contributed by atoms with van der Waals surface area (Å²) < 4.78 is 4.61. The van der Waals surface area contributed by atoms with Crippen molar-refractivity contribution in [1.29, 1.82) is 5.26 Å². The molecular weight excluding hydrogens is 206 g/mol. The summed E-state index contributed by atoms with van der Waals surface area (Å²) in [6.07, 6.45) is 3.56. The molecule has 2 aromatic heterocycles. The van der Waals surface area contributed by atoms with Gasteiger partial charge < -0.3 is 9.84 Å². The van der Waals surface area contributed by atoms with E-state index >= 15 is 0 Å². The van der Waals surface area contributed by atoms with Crippen molar-refractivity contribution in [2.45, 2.75) is 6.42 Å². The predicted molar refractivity (Wildman–Crippen MR) is 55.4 cm³/mol. The van der Waals surface area contributed by atoms with Crippen LogP contribution in [0.4, 0.5) is 5.69 Å². The van der Waals surface area contributed by atoms with Crippen molar-refractivity contribution >= 4 is 5.69 Å². The van der Waals surface area contributed by atoms with E-state index in [4.69, 9.17) is 5.26 Å². The molecular formula is C10H9N5O. The zero-order valence-corrected chi connectivity index (χ0v) is 8.42. The van der Waals surface area contributed by atoms with Gasteiger partial charge in [-0.2, -0.15) is 10.2 Å². The molecule has 6 nitrogen and oxygen atoms in total. The highest BCUT2D eigenvalue weighted by molar-refractivity contribution is 5.45. The van der Waals surface area contributed by atoms with E-state index in [1.165, 1.54) is 6.39 Å². The Kier molecular flexibility index (Phi) is 3.09. The number of anilines is 1. The first-order chi connectivity index (χ1) is 7.88. The molecule has 0 atom stereocenters. The lowest BCUT2D eigenvalue weighted by Crippen LogP contribution is -2.06. The lowest BCUT2D eigenvalue weighted by atomic mass is 10.3. The number of nitrogens with zero attached hydrogens (tertiary/aromatic N) is 4. The molecule has 0 saturated heterocycles. The molecule has 0 bridgehead atoms. The molecule has 0 aromatic carbocycles. The fourth-order valence-corrected chi connectivity index (χ4v) is 1.22. The van der Waals surface area contributed by atoms with Crippen LogP contribution in [-0.4, -0.2) is 21.7 Å². The minimum absolute atomic E-state index is 0.393. The van der Waals surface area contributed by atoms with Crippen LogP contribution >= 0.6 is 0 Å². The van der Waals surface area contributed by atoms with Crippen molar-refractivity contribution in [1.82, 2.24) is 15.1 Å². The molecule has 2 aromatic rings. The van der Waals surface area contributed by atoms with Gasteiger partial charge in [0.1, 0.15) is 11.8 Å². The molecule has 0 aliphatic carbocycles. The molecule has 0 radical (unpaired) electrons. The van der Waals surface area contributed by atoms with Gasteiger partial charge in [-0.15, -0.1) is 0 Å². The van der Waals surface area contributed by atoms with Gasteiger partial charge in [0.15, 0.2) is 5.82 Å². The van der Waals surface area contributed by atoms with Crippen molar-refractivity contribution in [2.75, 3.05) is 11.9 Å². The summed E-state index contributed by atoms with van der Waals surface area (Å²) in [4.78, 5) is 7.77. The Morgan fingerprint density at radius 1 is 1.44 bits per heavy atom. The maximum atomic E-state index is 8.67. The number of nitrogens with one attached hydrogen (secondary N) is 1. The SMILES string of the molecule is N#Cc1cc(NCCc2ncon2)ccn1. The predicted octanol–water partition coefficient (Wildman–Crippen LogP) is 0.991. The summed E-state index contributed by atoms with van der Waals surface area (Å²) in [6.45, 7) is 0.675. The fraction of sp³-hybridized carbons (Fsp3) is 0.200. The third kappa shape index (κ3) is 2.54. The van der Waals surface area contributed by atoms with Gasteiger partial charge in [-0.05, 0) is 12.1 Å². The maximum absolute atomic E-state index is 8.67. The Labute approximate surface area is 91.9 Å². The van der Waals surface area contributed by atoms with Crippen molar-refractivity contribution in [2.24, 2.45) is 0 Å². The summed E-state index contributed by atoms with van der Waals surface area (Å²) >= 11 is 0. The van der Waals surface area contributed by atoms with Crippen LogP contribution in [0.5, 0.6) is 0 Å². The first-order valence-corrected chi connectivity index (χ1v) is 4.74. The van der Waals surface area contributed by atoms with Crippen LogP contribution in [0.2, 0.25) is 0 Å².